The minimum atomic E-state index is 0.704. The van der Waals surface area contributed by atoms with Gasteiger partial charge in [-0.15, -0.1) is 6.58 Å². The molecule has 0 saturated heterocycles. The number of rotatable bonds is 19. The largest absolute Gasteiger partial charge is 0.377 e. The van der Waals surface area contributed by atoms with Gasteiger partial charge in [0.1, 0.15) is 0 Å². The summed E-state index contributed by atoms with van der Waals surface area (Å²) < 4.78 is 5.38. The van der Waals surface area contributed by atoms with Gasteiger partial charge in [-0.05, 0) is 19.3 Å². The molecule has 0 aromatic rings. The predicted molar refractivity (Wildman–Crippen MR) is 107 cm³/mol. The molecule has 0 aliphatic rings. The predicted octanol–water partition coefficient (Wildman–Crippen LogP) is 7.27. The van der Waals surface area contributed by atoms with Crippen molar-refractivity contribution in [2.24, 2.45) is 0 Å². The third-order valence-electron chi connectivity index (χ3n) is 3.67. The summed E-state index contributed by atoms with van der Waals surface area (Å²) in [5, 5.41) is 0. The number of ether oxygens (including phenoxy) is 1. The van der Waals surface area contributed by atoms with E-state index in [4.69, 9.17) is 4.74 Å². The molecule has 132 valence electrons. The minimum Gasteiger partial charge on any atom is -0.377 e. The van der Waals surface area contributed by atoms with Gasteiger partial charge in [0.25, 0.3) is 0 Å². The molecule has 0 atom stereocenters. The van der Waals surface area contributed by atoms with Gasteiger partial charge < -0.3 is 4.74 Å². The van der Waals surface area contributed by atoms with Crippen LogP contribution in [0.1, 0.15) is 84.0 Å². The smallest absolute Gasteiger partial charge is 0.0644 e. The van der Waals surface area contributed by atoms with Crippen molar-refractivity contribution in [2.75, 3.05) is 24.7 Å². The lowest BCUT2D eigenvalue weighted by Crippen LogP contribution is -1.93. The van der Waals surface area contributed by atoms with Gasteiger partial charge in [0.15, 0.2) is 0 Å². The second-order valence-electron chi connectivity index (χ2n) is 5.90. The van der Waals surface area contributed by atoms with Crippen molar-refractivity contribution in [3.05, 3.63) is 12.7 Å². The number of unbranched alkanes of at least 4 members (excludes halogenated alkanes) is 10. The summed E-state index contributed by atoms with van der Waals surface area (Å²) in [4.78, 5) is 0. The first-order valence-electron chi connectivity index (χ1n) is 9.34. The molecule has 0 aliphatic heterocycles. The van der Waals surface area contributed by atoms with Crippen LogP contribution in [-0.4, -0.2) is 24.7 Å². The average molecular weight is 347 g/mol. The number of hydrogen-bond donors (Lipinski definition) is 0. The van der Waals surface area contributed by atoms with Crippen LogP contribution in [0.3, 0.4) is 0 Å². The van der Waals surface area contributed by atoms with E-state index in [9.17, 15) is 0 Å². The lowest BCUT2D eigenvalue weighted by molar-refractivity contribution is 0.157. The van der Waals surface area contributed by atoms with Crippen LogP contribution >= 0.6 is 21.6 Å². The van der Waals surface area contributed by atoms with Crippen molar-refractivity contribution in [3.8, 4) is 0 Å². The molecule has 0 aromatic heterocycles. The molecular weight excluding hydrogens is 308 g/mol. The molecule has 0 unspecified atom stereocenters. The standard InChI is InChI=1S/C19H38OS2/c1-3-5-14-18-21-22-19-15-12-10-8-6-7-9-11-13-17-20-16-4-2/h4H,2-3,5-19H2,1H3. The van der Waals surface area contributed by atoms with Crippen LogP contribution in [0.15, 0.2) is 12.7 Å². The first-order valence-corrected chi connectivity index (χ1v) is 11.8. The summed E-state index contributed by atoms with van der Waals surface area (Å²) in [5.74, 6) is 2.69. The van der Waals surface area contributed by atoms with E-state index in [0.29, 0.717) is 6.61 Å². The second kappa shape index (κ2) is 21.4. The molecule has 0 bridgehead atoms. The Hall–Kier alpha value is 0.400. The Morgan fingerprint density at radius 3 is 1.77 bits per heavy atom. The van der Waals surface area contributed by atoms with E-state index in [1.54, 1.807) is 0 Å². The van der Waals surface area contributed by atoms with Crippen LogP contribution in [0.5, 0.6) is 0 Å². The van der Waals surface area contributed by atoms with Gasteiger partial charge in [0.2, 0.25) is 0 Å². The Morgan fingerprint density at radius 1 is 0.727 bits per heavy atom. The highest BCUT2D eigenvalue weighted by Crippen LogP contribution is 2.24. The van der Waals surface area contributed by atoms with E-state index in [1.165, 1.54) is 88.6 Å². The van der Waals surface area contributed by atoms with Gasteiger partial charge >= 0.3 is 0 Å². The van der Waals surface area contributed by atoms with Gasteiger partial charge in [-0.1, -0.05) is 92.4 Å². The highest BCUT2D eigenvalue weighted by atomic mass is 33.1. The molecule has 0 aliphatic carbocycles. The molecule has 0 aromatic carbocycles. The summed E-state index contributed by atoms with van der Waals surface area (Å²) in [7, 11) is 4.16. The highest BCUT2D eigenvalue weighted by Gasteiger charge is 1.95. The van der Waals surface area contributed by atoms with Crippen molar-refractivity contribution in [1.29, 1.82) is 0 Å². The quantitative estimate of drug-likeness (QED) is 0.138. The Kier molecular flexibility index (Phi) is 21.8. The van der Waals surface area contributed by atoms with Crippen molar-refractivity contribution in [2.45, 2.75) is 84.0 Å². The fourth-order valence-corrected chi connectivity index (χ4v) is 4.59. The van der Waals surface area contributed by atoms with Crippen LogP contribution in [-0.2, 0) is 4.74 Å². The maximum Gasteiger partial charge on any atom is 0.0644 e. The zero-order valence-corrected chi connectivity index (χ0v) is 16.5. The van der Waals surface area contributed by atoms with E-state index in [0.717, 1.165) is 6.61 Å². The molecule has 0 fully saturated rings. The van der Waals surface area contributed by atoms with Gasteiger partial charge in [-0.25, -0.2) is 0 Å². The van der Waals surface area contributed by atoms with Crippen LogP contribution in [0, 0.1) is 0 Å². The van der Waals surface area contributed by atoms with Gasteiger partial charge in [-0.3, -0.25) is 0 Å². The summed E-state index contributed by atoms with van der Waals surface area (Å²) in [6.45, 7) is 7.53. The molecule has 0 saturated carbocycles. The maximum absolute atomic E-state index is 5.38. The molecule has 0 N–H and O–H groups in total. The fourth-order valence-electron chi connectivity index (χ4n) is 2.30. The zero-order valence-electron chi connectivity index (χ0n) is 14.8. The van der Waals surface area contributed by atoms with Crippen molar-refractivity contribution in [3.63, 3.8) is 0 Å². The minimum absolute atomic E-state index is 0.704. The Morgan fingerprint density at radius 2 is 1.23 bits per heavy atom. The van der Waals surface area contributed by atoms with Crippen LogP contribution in [0.2, 0.25) is 0 Å². The molecule has 22 heavy (non-hydrogen) atoms. The van der Waals surface area contributed by atoms with E-state index in [-0.39, 0.29) is 0 Å². The summed E-state index contributed by atoms with van der Waals surface area (Å²) in [6.07, 6.45) is 18.4. The Balaban J connectivity index is 2.92. The zero-order chi connectivity index (χ0) is 16.1. The SMILES string of the molecule is C=CCOCCCCCCCCCCCSSCCCCC. The van der Waals surface area contributed by atoms with E-state index < -0.39 is 0 Å². The number of hydrogen-bond acceptors (Lipinski definition) is 3. The highest BCUT2D eigenvalue weighted by molar-refractivity contribution is 8.76. The molecule has 0 spiro atoms. The third kappa shape index (κ3) is 20.4. The van der Waals surface area contributed by atoms with Gasteiger partial charge in [-0.2, -0.15) is 0 Å². The summed E-state index contributed by atoms with van der Waals surface area (Å²) in [6, 6.07) is 0. The lowest BCUT2D eigenvalue weighted by Gasteiger charge is -2.03. The second-order valence-corrected chi connectivity index (χ2v) is 8.60. The molecule has 3 heteroatoms. The van der Waals surface area contributed by atoms with Crippen molar-refractivity contribution >= 4 is 21.6 Å². The average Bonchev–Trinajstić information content (AvgIpc) is 2.54. The topological polar surface area (TPSA) is 9.23 Å². The van der Waals surface area contributed by atoms with Crippen LogP contribution in [0.25, 0.3) is 0 Å². The molecule has 0 heterocycles. The first-order chi connectivity index (χ1) is 10.9. The van der Waals surface area contributed by atoms with Crippen molar-refractivity contribution in [1.82, 2.24) is 0 Å². The Bertz CT molecular complexity index is 210. The van der Waals surface area contributed by atoms with E-state index in [1.807, 2.05) is 6.08 Å². The Labute approximate surface area is 147 Å². The molecule has 1 nitrogen and oxygen atoms in total. The van der Waals surface area contributed by atoms with Gasteiger partial charge in [0.05, 0.1) is 6.61 Å². The van der Waals surface area contributed by atoms with E-state index in [2.05, 4.69) is 35.1 Å². The van der Waals surface area contributed by atoms with Crippen LogP contribution < -0.4 is 0 Å². The maximum atomic E-state index is 5.38. The van der Waals surface area contributed by atoms with Gasteiger partial charge in [0, 0.05) is 18.1 Å². The first kappa shape index (κ1) is 22.4. The van der Waals surface area contributed by atoms with Crippen LogP contribution in [0.4, 0.5) is 0 Å². The normalized spacial score (nSPS) is 11.0. The monoisotopic (exact) mass is 346 g/mol. The molecular formula is C19H38OS2. The molecule has 0 radical (unpaired) electrons. The summed E-state index contributed by atoms with van der Waals surface area (Å²) in [5.41, 5.74) is 0. The van der Waals surface area contributed by atoms with E-state index >= 15 is 0 Å². The van der Waals surface area contributed by atoms with Crippen molar-refractivity contribution < 1.29 is 4.74 Å². The summed E-state index contributed by atoms with van der Waals surface area (Å²) >= 11 is 0. The molecule has 0 rings (SSSR count). The lowest BCUT2D eigenvalue weighted by atomic mass is 10.1. The third-order valence-corrected chi connectivity index (χ3v) is 6.24. The fraction of sp³-hybridized carbons (Fsp3) is 0.895. The molecule has 0 amide bonds.